The number of nitrogens with one attached hydrogen (secondary N) is 2. The molecule has 2 rings (SSSR count). The van der Waals surface area contributed by atoms with Crippen LogP contribution in [-0.4, -0.2) is 49.5 Å². The Labute approximate surface area is 167 Å². The van der Waals surface area contributed by atoms with Crippen molar-refractivity contribution in [2.75, 3.05) is 26.7 Å². The average Bonchev–Trinajstić information content (AvgIpc) is 2.55. The van der Waals surface area contributed by atoms with Crippen LogP contribution in [0.2, 0.25) is 0 Å². The maximum absolute atomic E-state index is 10.1. The monoisotopic (exact) mass is 463 g/mol. The van der Waals surface area contributed by atoms with Crippen molar-refractivity contribution in [1.82, 2.24) is 10.6 Å². The molecule has 7 heteroatoms. The van der Waals surface area contributed by atoms with Gasteiger partial charge in [0.15, 0.2) is 5.96 Å². The number of ether oxygens (including phenoxy) is 2. The van der Waals surface area contributed by atoms with Gasteiger partial charge >= 0.3 is 0 Å². The molecule has 1 aromatic carbocycles. The van der Waals surface area contributed by atoms with E-state index in [0.717, 1.165) is 37.3 Å². The molecule has 3 N–H and O–H groups in total. The Kier molecular flexibility index (Phi) is 9.34. The maximum atomic E-state index is 10.1. The summed E-state index contributed by atoms with van der Waals surface area (Å²) in [6, 6.07) is 7.56. The molecule has 1 fully saturated rings. The second kappa shape index (κ2) is 10.7. The molecule has 0 bridgehead atoms. The zero-order valence-corrected chi connectivity index (χ0v) is 17.6. The summed E-state index contributed by atoms with van der Waals surface area (Å²) < 4.78 is 11.1. The lowest BCUT2D eigenvalue weighted by Crippen LogP contribution is -2.45. The van der Waals surface area contributed by atoms with Crippen molar-refractivity contribution in [3.63, 3.8) is 0 Å². The summed E-state index contributed by atoms with van der Waals surface area (Å²) >= 11 is 0. The van der Waals surface area contributed by atoms with E-state index in [2.05, 4.69) is 15.6 Å². The van der Waals surface area contributed by atoms with Crippen molar-refractivity contribution in [2.24, 2.45) is 4.99 Å². The van der Waals surface area contributed by atoms with Gasteiger partial charge in [-0.15, -0.1) is 24.0 Å². The lowest BCUT2D eigenvalue weighted by atomic mass is 9.80. The van der Waals surface area contributed by atoms with Crippen LogP contribution in [0.3, 0.4) is 0 Å². The summed E-state index contributed by atoms with van der Waals surface area (Å²) in [6.45, 7) is 5.84. The lowest BCUT2D eigenvalue weighted by molar-refractivity contribution is -0.0236. The van der Waals surface area contributed by atoms with E-state index < -0.39 is 5.60 Å². The fourth-order valence-electron chi connectivity index (χ4n) is 2.50. The van der Waals surface area contributed by atoms with Crippen LogP contribution in [0, 0.1) is 0 Å². The van der Waals surface area contributed by atoms with Gasteiger partial charge in [-0.3, -0.25) is 4.99 Å². The largest absolute Gasteiger partial charge is 0.497 e. The molecule has 1 atom stereocenters. The minimum absolute atomic E-state index is 0. The fraction of sp³-hybridized carbons (Fsp3) is 0.611. The van der Waals surface area contributed by atoms with Gasteiger partial charge in [0, 0.05) is 12.6 Å². The number of nitrogens with zero attached hydrogens (tertiary/aromatic N) is 1. The zero-order chi connectivity index (χ0) is 17.4. The van der Waals surface area contributed by atoms with Crippen molar-refractivity contribution >= 4 is 29.9 Å². The molecule has 0 aromatic heterocycles. The Balaban J connectivity index is 0.00000312. The van der Waals surface area contributed by atoms with E-state index in [1.54, 1.807) is 7.11 Å². The smallest absolute Gasteiger partial charge is 0.191 e. The van der Waals surface area contributed by atoms with E-state index in [1.165, 1.54) is 0 Å². The molecule has 142 valence electrons. The molecule has 1 aliphatic carbocycles. The van der Waals surface area contributed by atoms with Crippen molar-refractivity contribution < 1.29 is 14.6 Å². The highest BCUT2D eigenvalue weighted by atomic mass is 127. The van der Waals surface area contributed by atoms with Crippen molar-refractivity contribution in [1.29, 1.82) is 0 Å². The number of hydrogen-bond donors (Lipinski definition) is 3. The Morgan fingerprint density at radius 1 is 1.32 bits per heavy atom. The SMILES string of the molecule is CCNC(=NCC1(O)CCC1)NCC(C)Oc1cccc(OC)c1.I. The first-order valence-electron chi connectivity index (χ1n) is 8.60. The minimum Gasteiger partial charge on any atom is -0.497 e. The third kappa shape index (κ3) is 7.27. The molecule has 25 heavy (non-hydrogen) atoms. The molecule has 0 amide bonds. The summed E-state index contributed by atoms with van der Waals surface area (Å²) in [5.74, 6) is 2.25. The Morgan fingerprint density at radius 3 is 2.64 bits per heavy atom. The van der Waals surface area contributed by atoms with Gasteiger partial charge in [-0.25, -0.2) is 0 Å². The second-order valence-corrected chi connectivity index (χ2v) is 6.26. The van der Waals surface area contributed by atoms with E-state index >= 15 is 0 Å². The first kappa shape index (κ1) is 21.8. The number of methoxy groups -OCH3 is 1. The van der Waals surface area contributed by atoms with Gasteiger partial charge in [0.1, 0.15) is 17.6 Å². The van der Waals surface area contributed by atoms with Gasteiger partial charge in [-0.05, 0) is 45.2 Å². The van der Waals surface area contributed by atoms with E-state index in [0.29, 0.717) is 19.0 Å². The summed E-state index contributed by atoms with van der Waals surface area (Å²) in [6.07, 6.45) is 2.73. The maximum Gasteiger partial charge on any atom is 0.191 e. The predicted molar refractivity (Wildman–Crippen MR) is 111 cm³/mol. The number of hydrogen-bond acceptors (Lipinski definition) is 4. The Morgan fingerprint density at radius 2 is 2.04 bits per heavy atom. The number of benzene rings is 1. The van der Waals surface area contributed by atoms with E-state index in [1.807, 2.05) is 38.1 Å². The molecule has 0 aliphatic heterocycles. The van der Waals surface area contributed by atoms with Crippen LogP contribution in [0.15, 0.2) is 29.3 Å². The summed E-state index contributed by atoms with van der Waals surface area (Å²) in [7, 11) is 1.64. The standard InChI is InChI=1S/C18H29N3O3.HI/c1-4-19-17(21-13-18(22)9-6-10-18)20-12-14(2)24-16-8-5-7-15(11-16)23-3;/h5,7-8,11,14,22H,4,6,9-10,12-13H2,1-3H3,(H2,19,20,21);1H. The van der Waals surface area contributed by atoms with Crippen LogP contribution in [0.1, 0.15) is 33.1 Å². The quantitative estimate of drug-likeness (QED) is 0.314. The molecule has 0 radical (unpaired) electrons. The lowest BCUT2D eigenvalue weighted by Gasteiger charge is -2.35. The van der Waals surface area contributed by atoms with Crippen LogP contribution in [0.4, 0.5) is 0 Å². The first-order chi connectivity index (χ1) is 11.5. The van der Waals surface area contributed by atoms with E-state index in [-0.39, 0.29) is 30.1 Å². The normalized spacial score (nSPS) is 16.9. The highest BCUT2D eigenvalue weighted by Gasteiger charge is 2.34. The van der Waals surface area contributed by atoms with Gasteiger partial charge in [0.25, 0.3) is 0 Å². The minimum atomic E-state index is -0.606. The van der Waals surface area contributed by atoms with Crippen LogP contribution in [-0.2, 0) is 0 Å². The highest BCUT2D eigenvalue weighted by molar-refractivity contribution is 14.0. The van der Waals surface area contributed by atoms with Gasteiger partial charge in [0.2, 0.25) is 0 Å². The molecule has 1 aromatic rings. The molecule has 0 saturated heterocycles. The van der Waals surface area contributed by atoms with Gasteiger partial charge < -0.3 is 25.2 Å². The van der Waals surface area contributed by atoms with Crippen molar-refractivity contribution in [3.8, 4) is 11.5 Å². The fourth-order valence-corrected chi connectivity index (χ4v) is 2.50. The molecule has 1 saturated carbocycles. The van der Waals surface area contributed by atoms with Crippen LogP contribution in [0.5, 0.6) is 11.5 Å². The number of aliphatic imine (C=N–C) groups is 1. The molecule has 1 aliphatic rings. The predicted octanol–water partition coefficient (Wildman–Crippen LogP) is 2.55. The third-order valence-corrected chi connectivity index (χ3v) is 4.10. The van der Waals surface area contributed by atoms with Gasteiger partial charge in [0.05, 0.1) is 25.8 Å². The molecule has 0 spiro atoms. The molecule has 6 nitrogen and oxygen atoms in total. The van der Waals surface area contributed by atoms with Gasteiger partial charge in [-0.2, -0.15) is 0 Å². The van der Waals surface area contributed by atoms with E-state index in [9.17, 15) is 5.11 Å². The molecular weight excluding hydrogens is 433 g/mol. The van der Waals surface area contributed by atoms with Crippen molar-refractivity contribution in [3.05, 3.63) is 24.3 Å². The third-order valence-electron chi connectivity index (χ3n) is 4.10. The first-order valence-corrected chi connectivity index (χ1v) is 8.60. The molecule has 1 unspecified atom stereocenters. The van der Waals surface area contributed by atoms with Gasteiger partial charge in [-0.1, -0.05) is 6.07 Å². The number of rotatable bonds is 8. The summed E-state index contributed by atoms with van der Waals surface area (Å²) in [4.78, 5) is 4.48. The highest BCUT2D eigenvalue weighted by Crippen LogP contribution is 2.31. The Hall–Kier alpha value is -1.22. The summed E-state index contributed by atoms with van der Waals surface area (Å²) in [5, 5.41) is 16.6. The second-order valence-electron chi connectivity index (χ2n) is 6.26. The van der Waals surface area contributed by atoms with Crippen molar-refractivity contribution in [2.45, 2.75) is 44.8 Å². The van der Waals surface area contributed by atoms with Crippen LogP contribution >= 0.6 is 24.0 Å². The van der Waals surface area contributed by atoms with Crippen LogP contribution < -0.4 is 20.1 Å². The molecule has 0 heterocycles. The zero-order valence-electron chi connectivity index (χ0n) is 15.2. The summed E-state index contributed by atoms with van der Waals surface area (Å²) in [5.41, 5.74) is -0.606. The number of guanidine groups is 1. The topological polar surface area (TPSA) is 75.1 Å². The van der Waals surface area contributed by atoms with E-state index in [4.69, 9.17) is 9.47 Å². The average molecular weight is 463 g/mol. The number of halogens is 1. The Bertz CT molecular complexity index is 550. The number of aliphatic hydroxyl groups is 1. The van der Waals surface area contributed by atoms with Crippen LogP contribution in [0.25, 0.3) is 0 Å². The molecular formula is C18H30IN3O3.